The smallest absolute Gasteiger partial charge is 0.310 e. The van der Waals surface area contributed by atoms with Crippen LogP contribution in [0.25, 0.3) is 0 Å². The average Bonchev–Trinajstić information content (AvgIpc) is 3.05. The summed E-state index contributed by atoms with van der Waals surface area (Å²) in [6, 6.07) is 10.4. The van der Waals surface area contributed by atoms with E-state index in [0.29, 0.717) is 6.54 Å². The molecule has 1 aromatic rings. The van der Waals surface area contributed by atoms with Crippen LogP contribution in [0, 0.1) is 11.8 Å². The molecule has 0 spiro atoms. The highest BCUT2D eigenvalue weighted by molar-refractivity contribution is 5.82. The Balaban J connectivity index is 1.88. The number of likely N-dealkylation sites (tertiary alicyclic amines) is 1. The molecule has 0 aromatic heterocycles. The minimum Gasteiger partial charge on any atom is -0.469 e. The molecule has 1 aliphatic heterocycles. The fourth-order valence-electron chi connectivity index (χ4n) is 3.33. The molecule has 0 saturated carbocycles. The lowest BCUT2D eigenvalue weighted by Crippen LogP contribution is -2.40. The standard InChI is InChI=1S/C20H32N4O2/c1-5-21-20(24-14-16(2)18(15-24)19(25)26-4)22-12-9-13-23(3)17-10-7-6-8-11-17/h6-8,10-11,16,18H,5,9,12-15H2,1-4H3,(H,21,22). The number of carbonyl (C=O) groups is 1. The topological polar surface area (TPSA) is 57.2 Å². The van der Waals surface area contributed by atoms with Crippen LogP contribution in [0.2, 0.25) is 0 Å². The maximum atomic E-state index is 11.9. The average molecular weight is 361 g/mol. The van der Waals surface area contributed by atoms with Gasteiger partial charge in [-0.3, -0.25) is 9.79 Å². The van der Waals surface area contributed by atoms with Crippen molar-refractivity contribution >= 4 is 17.6 Å². The summed E-state index contributed by atoms with van der Waals surface area (Å²) in [4.78, 5) is 21.1. The number of ether oxygens (including phenoxy) is 1. The number of rotatable bonds is 7. The second-order valence-electron chi connectivity index (χ2n) is 6.86. The molecule has 0 radical (unpaired) electrons. The Bertz CT molecular complexity index is 591. The third kappa shape index (κ3) is 5.38. The molecule has 6 nitrogen and oxygen atoms in total. The van der Waals surface area contributed by atoms with Crippen molar-refractivity contribution in [2.75, 3.05) is 51.8 Å². The van der Waals surface area contributed by atoms with E-state index in [2.05, 4.69) is 60.3 Å². The van der Waals surface area contributed by atoms with Crippen LogP contribution in [-0.2, 0) is 9.53 Å². The zero-order chi connectivity index (χ0) is 18.9. The lowest BCUT2D eigenvalue weighted by molar-refractivity contribution is -0.145. The molecular formula is C20H32N4O2. The van der Waals surface area contributed by atoms with Crippen LogP contribution < -0.4 is 10.2 Å². The van der Waals surface area contributed by atoms with Crippen molar-refractivity contribution < 1.29 is 9.53 Å². The van der Waals surface area contributed by atoms with E-state index in [9.17, 15) is 4.79 Å². The normalized spacial score (nSPS) is 20.2. The third-order valence-electron chi connectivity index (χ3n) is 4.86. The maximum Gasteiger partial charge on any atom is 0.310 e. The number of nitrogens with one attached hydrogen (secondary N) is 1. The van der Waals surface area contributed by atoms with Crippen molar-refractivity contribution in [3.05, 3.63) is 30.3 Å². The van der Waals surface area contributed by atoms with Gasteiger partial charge in [0, 0.05) is 45.5 Å². The summed E-state index contributed by atoms with van der Waals surface area (Å²) in [6.07, 6.45) is 0.976. The van der Waals surface area contributed by atoms with Crippen molar-refractivity contribution in [1.29, 1.82) is 0 Å². The molecule has 1 aromatic carbocycles. The lowest BCUT2D eigenvalue weighted by Gasteiger charge is -2.22. The summed E-state index contributed by atoms with van der Waals surface area (Å²) in [6.45, 7) is 8.19. The van der Waals surface area contributed by atoms with E-state index >= 15 is 0 Å². The van der Waals surface area contributed by atoms with Crippen LogP contribution >= 0.6 is 0 Å². The molecule has 1 N–H and O–H groups in total. The first-order valence-corrected chi connectivity index (χ1v) is 9.44. The highest BCUT2D eigenvalue weighted by atomic mass is 16.5. The number of methoxy groups -OCH3 is 1. The van der Waals surface area contributed by atoms with E-state index in [1.165, 1.54) is 12.8 Å². The molecule has 1 fully saturated rings. The van der Waals surface area contributed by atoms with E-state index in [1.807, 2.05) is 6.07 Å². The zero-order valence-corrected chi connectivity index (χ0v) is 16.4. The molecule has 1 saturated heterocycles. The SMILES string of the molecule is CCNC(=NCCCN(C)c1ccccc1)N1CC(C)C(C(=O)OC)C1. The largest absolute Gasteiger partial charge is 0.469 e. The summed E-state index contributed by atoms with van der Waals surface area (Å²) in [7, 11) is 3.56. The van der Waals surface area contributed by atoms with Gasteiger partial charge >= 0.3 is 5.97 Å². The van der Waals surface area contributed by atoms with Crippen molar-refractivity contribution in [1.82, 2.24) is 10.2 Å². The Hall–Kier alpha value is -2.24. The number of para-hydroxylation sites is 1. The second-order valence-corrected chi connectivity index (χ2v) is 6.86. The molecular weight excluding hydrogens is 328 g/mol. The number of hydrogen-bond acceptors (Lipinski definition) is 4. The van der Waals surface area contributed by atoms with Gasteiger partial charge in [-0.15, -0.1) is 0 Å². The fourth-order valence-corrected chi connectivity index (χ4v) is 3.33. The molecule has 2 unspecified atom stereocenters. The number of nitrogens with zero attached hydrogens (tertiary/aromatic N) is 3. The van der Waals surface area contributed by atoms with Crippen LogP contribution in [0.5, 0.6) is 0 Å². The molecule has 2 atom stereocenters. The number of hydrogen-bond donors (Lipinski definition) is 1. The predicted octanol–water partition coefficient (Wildman–Crippen LogP) is 2.22. The zero-order valence-electron chi connectivity index (χ0n) is 16.4. The number of aliphatic imine (C=N–C) groups is 1. The molecule has 144 valence electrons. The number of carbonyl (C=O) groups excluding carboxylic acids is 1. The molecule has 26 heavy (non-hydrogen) atoms. The summed E-state index contributed by atoms with van der Waals surface area (Å²) in [5.74, 6) is 0.969. The Morgan fingerprint density at radius 3 is 2.73 bits per heavy atom. The highest BCUT2D eigenvalue weighted by Gasteiger charge is 2.36. The summed E-state index contributed by atoms with van der Waals surface area (Å²) >= 11 is 0. The summed E-state index contributed by atoms with van der Waals surface area (Å²) in [5, 5.41) is 3.35. The summed E-state index contributed by atoms with van der Waals surface area (Å²) in [5.41, 5.74) is 1.22. The van der Waals surface area contributed by atoms with E-state index in [4.69, 9.17) is 9.73 Å². The molecule has 0 bridgehead atoms. The molecule has 0 aliphatic carbocycles. The number of esters is 1. The van der Waals surface area contributed by atoms with Gasteiger partial charge in [-0.1, -0.05) is 25.1 Å². The van der Waals surface area contributed by atoms with Crippen LogP contribution in [0.4, 0.5) is 5.69 Å². The number of benzene rings is 1. The number of guanidine groups is 1. The first-order valence-electron chi connectivity index (χ1n) is 9.44. The van der Waals surface area contributed by atoms with E-state index in [1.54, 1.807) is 0 Å². The van der Waals surface area contributed by atoms with Crippen LogP contribution in [0.3, 0.4) is 0 Å². The number of anilines is 1. The van der Waals surface area contributed by atoms with Gasteiger partial charge in [-0.05, 0) is 31.4 Å². The van der Waals surface area contributed by atoms with Gasteiger partial charge in [-0.25, -0.2) is 0 Å². The van der Waals surface area contributed by atoms with Crippen molar-refractivity contribution in [3.8, 4) is 0 Å². The van der Waals surface area contributed by atoms with Gasteiger partial charge in [0.1, 0.15) is 0 Å². The Morgan fingerprint density at radius 1 is 1.35 bits per heavy atom. The maximum absolute atomic E-state index is 11.9. The highest BCUT2D eigenvalue weighted by Crippen LogP contribution is 2.24. The van der Waals surface area contributed by atoms with Crippen molar-refractivity contribution in [2.24, 2.45) is 16.8 Å². The first kappa shape index (κ1) is 20.1. The van der Waals surface area contributed by atoms with E-state index < -0.39 is 0 Å². The van der Waals surface area contributed by atoms with E-state index in [0.717, 1.165) is 38.6 Å². The molecule has 2 rings (SSSR count). The lowest BCUT2D eigenvalue weighted by atomic mass is 9.99. The second kappa shape index (κ2) is 10.0. The summed E-state index contributed by atoms with van der Waals surface area (Å²) < 4.78 is 4.93. The molecule has 6 heteroatoms. The van der Waals surface area contributed by atoms with Crippen molar-refractivity contribution in [2.45, 2.75) is 20.3 Å². The van der Waals surface area contributed by atoms with Crippen LogP contribution in [-0.4, -0.2) is 63.7 Å². The Labute approximate surface area is 157 Å². The monoisotopic (exact) mass is 360 g/mol. The fraction of sp³-hybridized carbons (Fsp3) is 0.600. The van der Waals surface area contributed by atoms with Gasteiger partial charge in [0.15, 0.2) is 5.96 Å². The first-order chi connectivity index (χ1) is 12.6. The molecule has 1 heterocycles. The minimum absolute atomic E-state index is 0.0759. The predicted molar refractivity (Wildman–Crippen MR) is 107 cm³/mol. The van der Waals surface area contributed by atoms with Crippen LogP contribution in [0.1, 0.15) is 20.3 Å². The Kier molecular flexibility index (Phi) is 7.75. The Morgan fingerprint density at radius 2 is 2.08 bits per heavy atom. The van der Waals surface area contributed by atoms with Crippen molar-refractivity contribution in [3.63, 3.8) is 0 Å². The molecule has 0 amide bonds. The van der Waals surface area contributed by atoms with Crippen LogP contribution in [0.15, 0.2) is 35.3 Å². The molecule has 1 aliphatic rings. The van der Waals surface area contributed by atoms with Gasteiger partial charge in [0.2, 0.25) is 0 Å². The third-order valence-corrected chi connectivity index (χ3v) is 4.86. The quantitative estimate of drug-likeness (QED) is 0.350. The van der Waals surface area contributed by atoms with E-state index in [-0.39, 0.29) is 17.8 Å². The van der Waals surface area contributed by atoms with Gasteiger partial charge in [0.25, 0.3) is 0 Å². The minimum atomic E-state index is -0.125. The van der Waals surface area contributed by atoms with Gasteiger partial charge in [-0.2, -0.15) is 0 Å². The van der Waals surface area contributed by atoms with Gasteiger partial charge in [0.05, 0.1) is 13.0 Å². The van der Waals surface area contributed by atoms with Gasteiger partial charge < -0.3 is 19.9 Å².